The molecule has 0 unspecified atom stereocenters. The first kappa shape index (κ1) is 6.17. The van der Waals surface area contributed by atoms with Gasteiger partial charge in [-0.05, 0) is 11.8 Å². The Kier molecular flexibility index (Phi) is 1.97. The Hall–Kier alpha value is 0.0500. The zero-order valence-corrected chi connectivity index (χ0v) is 6.09. The van der Waals surface area contributed by atoms with Crippen LogP contribution in [0.4, 0.5) is 0 Å². The molecule has 3 heteroatoms. The highest BCUT2D eigenvalue weighted by Gasteiger charge is 2.00. The number of hydrogen-bond acceptors (Lipinski definition) is 2. The fourth-order valence-corrected chi connectivity index (χ4v) is 1.45. The van der Waals surface area contributed by atoms with Crippen molar-refractivity contribution in [2.45, 2.75) is 6.92 Å². The van der Waals surface area contributed by atoms with Gasteiger partial charge in [0.15, 0.2) is 4.50 Å². The molecule has 0 fully saturated rings. The Morgan fingerprint density at radius 1 is 1.88 bits per heavy atom. The van der Waals surface area contributed by atoms with Crippen LogP contribution in [0.5, 0.6) is 0 Å². The number of thioether (sulfide) groups is 1. The minimum absolute atomic E-state index is 0.657. The Balaban J connectivity index is 2.57. The van der Waals surface area contributed by atoms with Crippen molar-refractivity contribution in [1.82, 2.24) is 0 Å². The summed E-state index contributed by atoms with van der Waals surface area (Å²) >= 11 is 7.10. The molecular weight excluding hydrogens is 142 g/mol. The first-order chi connectivity index (χ1) is 3.79. The van der Waals surface area contributed by atoms with Gasteiger partial charge in [-0.15, -0.1) is 0 Å². The summed E-state index contributed by atoms with van der Waals surface area (Å²) in [5.74, 6) is 0. The second-order valence-electron chi connectivity index (χ2n) is 1.51. The molecule has 0 atom stereocenters. The maximum absolute atomic E-state index is 5.58. The number of rotatable bonds is 0. The van der Waals surface area contributed by atoms with E-state index in [0.29, 0.717) is 4.50 Å². The van der Waals surface area contributed by atoms with Gasteiger partial charge in [0, 0.05) is 0 Å². The van der Waals surface area contributed by atoms with E-state index in [9.17, 15) is 0 Å². The van der Waals surface area contributed by atoms with Crippen molar-refractivity contribution in [2.75, 3.05) is 6.54 Å². The average molecular weight is 148 g/mol. The first-order valence-corrected chi connectivity index (χ1v) is 3.53. The van der Waals surface area contributed by atoms with Crippen LogP contribution in [0.1, 0.15) is 6.92 Å². The van der Waals surface area contributed by atoms with Crippen LogP contribution in [-0.2, 0) is 0 Å². The summed E-state index contributed by atoms with van der Waals surface area (Å²) in [4.78, 5) is 5.19. The lowest BCUT2D eigenvalue weighted by atomic mass is 10.5. The SMILES string of the molecule is CC1=CCN=C(Cl)S1. The Morgan fingerprint density at radius 3 is 3.00 bits per heavy atom. The minimum Gasteiger partial charge on any atom is -0.263 e. The molecule has 0 aromatic heterocycles. The van der Waals surface area contributed by atoms with Gasteiger partial charge in [-0.2, -0.15) is 0 Å². The normalized spacial score (nSPS) is 19.8. The molecule has 1 nitrogen and oxygen atoms in total. The van der Waals surface area contributed by atoms with Crippen LogP contribution >= 0.6 is 23.4 Å². The van der Waals surface area contributed by atoms with E-state index >= 15 is 0 Å². The van der Waals surface area contributed by atoms with E-state index in [1.54, 1.807) is 0 Å². The van der Waals surface area contributed by atoms with Crippen LogP contribution in [0, 0.1) is 0 Å². The van der Waals surface area contributed by atoms with Gasteiger partial charge < -0.3 is 0 Å². The number of nitrogens with zero attached hydrogens (tertiary/aromatic N) is 1. The van der Waals surface area contributed by atoms with E-state index in [1.807, 2.05) is 6.92 Å². The van der Waals surface area contributed by atoms with E-state index in [2.05, 4.69) is 11.1 Å². The maximum Gasteiger partial charge on any atom is 0.162 e. The molecular formula is C5H6ClNS. The molecule has 1 heterocycles. The van der Waals surface area contributed by atoms with Gasteiger partial charge in [0.2, 0.25) is 0 Å². The van der Waals surface area contributed by atoms with Crippen molar-refractivity contribution >= 4 is 27.9 Å². The minimum atomic E-state index is 0.657. The number of aliphatic imine (C=N–C) groups is 1. The highest BCUT2D eigenvalue weighted by molar-refractivity contribution is 8.19. The molecule has 0 amide bonds. The third-order valence-electron chi connectivity index (χ3n) is 0.840. The number of halogens is 1. The van der Waals surface area contributed by atoms with E-state index in [4.69, 9.17) is 11.6 Å². The summed E-state index contributed by atoms with van der Waals surface area (Å²) < 4.78 is 0.657. The molecule has 0 bridgehead atoms. The Bertz CT molecular complexity index is 135. The largest absolute Gasteiger partial charge is 0.263 e. The summed E-state index contributed by atoms with van der Waals surface area (Å²) in [6.07, 6.45) is 2.05. The summed E-state index contributed by atoms with van der Waals surface area (Å²) in [5, 5.41) is 0. The highest BCUT2D eigenvalue weighted by atomic mass is 35.5. The smallest absolute Gasteiger partial charge is 0.162 e. The molecule has 0 aliphatic carbocycles. The van der Waals surface area contributed by atoms with Crippen LogP contribution < -0.4 is 0 Å². The summed E-state index contributed by atoms with van der Waals surface area (Å²) in [6, 6.07) is 0. The van der Waals surface area contributed by atoms with Crippen molar-refractivity contribution in [2.24, 2.45) is 4.99 Å². The van der Waals surface area contributed by atoms with Crippen molar-refractivity contribution in [3.63, 3.8) is 0 Å². The average Bonchev–Trinajstić information content (AvgIpc) is 1.64. The molecule has 1 aliphatic rings. The van der Waals surface area contributed by atoms with Gasteiger partial charge >= 0.3 is 0 Å². The molecule has 0 N–H and O–H groups in total. The van der Waals surface area contributed by atoms with Crippen LogP contribution in [0.2, 0.25) is 0 Å². The molecule has 0 aromatic rings. The van der Waals surface area contributed by atoms with Crippen molar-refractivity contribution in [3.05, 3.63) is 11.0 Å². The summed E-state index contributed by atoms with van der Waals surface area (Å²) in [7, 11) is 0. The first-order valence-electron chi connectivity index (χ1n) is 2.33. The third-order valence-corrected chi connectivity index (χ3v) is 1.98. The molecule has 44 valence electrons. The van der Waals surface area contributed by atoms with Gasteiger partial charge in [0.1, 0.15) is 0 Å². The topological polar surface area (TPSA) is 12.4 Å². The number of hydrogen-bond donors (Lipinski definition) is 0. The van der Waals surface area contributed by atoms with Crippen molar-refractivity contribution in [3.8, 4) is 0 Å². The maximum atomic E-state index is 5.58. The molecule has 0 saturated carbocycles. The van der Waals surface area contributed by atoms with Crippen molar-refractivity contribution in [1.29, 1.82) is 0 Å². The molecule has 1 aliphatic heterocycles. The summed E-state index contributed by atoms with van der Waals surface area (Å²) in [6.45, 7) is 2.78. The fourth-order valence-electron chi connectivity index (χ4n) is 0.453. The fraction of sp³-hybridized carbons (Fsp3) is 0.400. The predicted molar refractivity (Wildman–Crippen MR) is 39.5 cm³/mol. The van der Waals surface area contributed by atoms with E-state index in [1.165, 1.54) is 16.7 Å². The molecule has 1 rings (SSSR count). The van der Waals surface area contributed by atoms with Gasteiger partial charge in [-0.3, -0.25) is 4.99 Å². The molecule has 0 aromatic carbocycles. The second-order valence-corrected chi connectivity index (χ2v) is 3.33. The van der Waals surface area contributed by atoms with Crippen LogP contribution in [0.25, 0.3) is 0 Å². The van der Waals surface area contributed by atoms with Crippen molar-refractivity contribution < 1.29 is 0 Å². The zero-order valence-electron chi connectivity index (χ0n) is 4.52. The molecule has 0 saturated heterocycles. The lowest BCUT2D eigenvalue weighted by molar-refractivity contribution is 1.24. The van der Waals surface area contributed by atoms with Gasteiger partial charge in [-0.1, -0.05) is 29.4 Å². The third kappa shape index (κ3) is 1.53. The molecule has 0 radical (unpaired) electrons. The van der Waals surface area contributed by atoms with Crippen LogP contribution in [-0.4, -0.2) is 11.0 Å². The van der Waals surface area contributed by atoms with E-state index in [0.717, 1.165) is 6.54 Å². The van der Waals surface area contributed by atoms with Crippen LogP contribution in [0.3, 0.4) is 0 Å². The molecule has 8 heavy (non-hydrogen) atoms. The molecule has 0 spiro atoms. The quantitative estimate of drug-likeness (QED) is 0.512. The van der Waals surface area contributed by atoms with Gasteiger partial charge in [0.05, 0.1) is 6.54 Å². The van der Waals surface area contributed by atoms with Crippen LogP contribution in [0.15, 0.2) is 16.0 Å². The Labute approximate surface area is 57.8 Å². The lowest BCUT2D eigenvalue weighted by Crippen LogP contribution is -1.89. The monoisotopic (exact) mass is 147 g/mol. The summed E-state index contributed by atoms with van der Waals surface area (Å²) in [5.41, 5.74) is 0. The van der Waals surface area contributed by atoms with Gasteiger partial charge in [0.25, 0.3) is 0 Å². The number of allylic oxidation sites excluding steroid dienone is 1. The highest BCUT2D eigenvalue weighted by Crippen LogP contribution is 2.22. The standard InChI is InChI=1S/C5H6ClNS/c1-4-2-3-7-5(6)8-4/h2H,3H2,1H3. The Morgan fingerprint density at radius 2 is 2.62 bits per heavy atom. The zero-order chi connectivity index (χ0) is 5.98. The second kappa shape index (κ2) is 2.55. The van der Waals surface area contributed by atoms with E-state index < -0.39 is 0 Å². The lowest BCUT2D eigenvalue weighted by Gasteiger charge is -2.02. The van der Waals surface area contributed by atoms with Gasteiger partial charge in [-0.25, -0.2) is 0 Å². The predicted octanol–water partition coefficient (Wildman–Crippen LogP) is 2.23. The van der Waals surface area contributed by atoms with E-state index in [-0.39, 0.29) is 0 Å².